The molecule has 3 unspecified atom stereocenters. The van der Waals surface area contributed by atoms with Gasteiger partial charge in [-0.3, -0.25) is 0 Å². The van der Waals surface area contributed by atoms with Crippen LogP contribution in [0.5, 0.6) is 0 Å². The average Bonchev–Trinajstić information content (AvgIpc) is 2.41. The van der Waals surface area contributed by atoms with Crippen LogP contribution in [0, 0.1) is 11.3 Å². The Labute approximate surface area is 87.2 Å². The molecule has 1 heterocycles. The summed E-state index contributed by atoms with van der Waals surface area (Å²) in [4.78, 5) is 2.60. The lowest BCUT2D eigenvalue weighted by molar-refractivity contribution is -0.0426. The van der Waals surface area contributed by atoms with Crippen LogP contribution >= 0.6 is 0 Å². The zero-order chi connectivity index (χ0) is 9.76. The molecule has 78 valence electrons. The third-order valence-corrected chi connectivity index (χ3v) is 4.99. The van der Waals surface area contributed by atoms with Gasteiger partial charge in [0.1, 0.15) is 0 Å². The molecule has 0 amide bonds. The summed E-state index contributed by atoms with van der Waals surface area (Å²) in [6.45, 7) is 3.64. The van der Waals surface area contributed by atoms with Crippen LogP contribution in [0.1, 0.15) is 39.0 Å². The van der Waals surface area contributed by atoms with E-state index in [0.717, 1.165) is 12.0 Å². The van der Waals surface area contributed by atoms with Crippen LogP contribution in [0.4, 0.5) is 0 Å². The van der Waals surface area contributed by atoms with Crippen molar-refractivity contribution in [3.05, 3.63) is 11.6 Å². The maximum atomic E-state index is 2.64. The zero-order valence-electron chi connectivity index (χ0n) is 9.42. The minimum atomic E-state index is 0.638. The third kappa shape index (κ3) is 1.05. The highest BCUT2D eigenvalue weighted by atomic mass is 15.2. The van der Waals surface area contributed by atoms with E-state index in [9.17, 15) is 0 Å². The first-order valence-electron chi connectivity index (χ1n) is 6.10. The fraction of sp³-hybridized carbons (Fsp3) is 0.846. The van der Waals surface area contributed by atoms with Crippen LogP contribution in [0.3, 0.4) is 0 Å². The Bertz CT molecular complexity index is 281. The maximum absolute atomic E-state index is 2.64. The summed E-state index contributed by atoms with van der Waals surface area (Å²) in [6.07, 6.45) is 9.81. The van der Waals surface area contributed by atoms with Gasteiger partial charge in [0.05, 0.1) is 0 Å². The first kappa shape index (κ1) is 8.96. The summed E-state index contributed by atoms with van der Waals surface area (Å²) < 4.78 is 0. The van der Waals surface area contributed by atoms with Crippen LogP contribution in [0.15, 0.2) is 11.6 Å². The lowest BCUT2D eigenvalue weighted by atomic mass is 9.58. The minimum absolute atomic E-state index is 0.638. The topological polar surface area (TPSA) is 3.24 Å². The van der Waals surface area contributed by atoms with Crippen LogP contribution in [-0.2, 0) is 0 Å². The molecule has 1 saturated heterocycles. The Morgan fingerprint density at radius 2 is 2.21 bits per heavy atom. The zero-order valence-corrected chi connectivity index (χ0v) is 9.42. The van der Waals surface area contributed by atoms with Crippen molar-refractivity contribution in [2.75, 3.05) is 13.6 Å². The Kier molecular flexibility index (Phi) is 1.82. The Morgan fingerprint density at radius 1 is 1.36 bits per heavy atom. The molecule has 1 heteroatoms. The van der Waals surface area contributed by atoms with Gasteiger partial charge in [-0.15, -0.1) is 0 Å². The first-order valence-corrected chi connectivity index (χ1v) is 6.10. The molecule has 0 aromatic heterocycles. The predicted octanol–water partition coefficient (Wildman–Crippen LogP) is 2.83. The molecule has 14 heavy (non-hydrogen) atoms. The van der Waals surface area contributed by atoms with Crippen LogP contribution < -0.4 is 0 Å². The summed E-state index contributed by atoms with van der Waals surface area (Å²) >= 11 is 0. The van der Waals surface area contributed by atoms with Gasteiger partial charge < -0.3 is 4.90 Å². The van der Waals surface area contributed by atoms with E-state index in [4.69, 9.17) is 0 Å². The fourth-order valence-electron chi connectivity index (χ4n) is 3.97. The lowest BCUT2D eigenvalue weighted by Gasteiger charge is -2.56. The molecule has 3 atom stereocenters. The van der Waals surface area contributed by atoms with Crippen LogP contribution in [0.25, 0.3) is 0 Å². The van der Waals surface area contributed by atoms with Crippen molar-refractivity contribution in [2.45, 2.75) is 45.1 Å². The Hall–Kier alpha value is -0.300. The van der Waals surface area contributed by atoms with Crippen molar-refractivity contribution < 1.29 is 0 Å². The molecule has 3 rings (SSSR count). The molecule has 0 bridgehead atoms. The van der Waals surface area contributed by atoms with E-state index < -0.39 is 0 Å². The van der Waals surface area contributed by atoms with E-state index in [1.807, 2.05) is 0 Å². The number of likely N-dealkylation sites (tertiary alicyclic amines) is 1. The number of fused-ring (bicyclic) bond motifs is 2. The summed E-state index contributed by atoms with van der Waals surface area (Å²) in [5.74, 6) is 0.999. The van der Waals surface area contributed by atoms with Gasteiger partial charge in [-0.2, -0.15) is 0 Å². The molecule has 3 aliphatic rings. The SMILES string of the molecule is CC1=CC2(CC1)CCN(C)C1CCC12. The molecule has 1 aliphatic heterocycles. The van der Waals surface area contributed by atoms with Crippen molar-refractivity contribution in [1.82, 2.24) is 4.90 Å². The van der Waals surface area contributed by atoms with Gasteiger partial charge in [0.15, 0.2) is 0 Å². The highest BCUT2D eigenvalue weighted by Crippen LogP contribution is 2.56. The van der Waals surface area contributed by atoms with E-state index in [1.165, 1.54) is 38.6 Å². The lowest BCUT2D eigenvalue weighted by Crippen LogP contribution is -2.57. The smallest absolute Gasteiger partial charge is 0.0129 e. The molecule has 0 aromatic rings. The summed E-state index contributed by atoms with van der Waals surface area (Å²) in [7, 11) is 2.31. The second-order valence-electron chi connectivity index (χ2n) is 5.71. The molecule has 1 nitrogen and oxygen atoms in total. The molecule has 2 fully saturated rings. The number of rotatable bonds is 0. The summed E-state index contributed by atoms with van der Waals surface area (Å²) in [5, 5.41) is 0. The molecule has 2 aliphatic carbocycles. The maximum Gasteiger partial charge on any atom is 0.0129 e. The van der Waals surface area contributed by atoms with E-state index in [0.29, 0.717) is 5.41 Å². The van der Waals surface area contributed by atoms with Gasteiger partial charge in [0, 0.05) is 6.04 Å². The molecule has 1 saturated carbocycles. The van der Waals surface area contributed by atoms with E-state index in [1.54, 1.807) is 5.57 Å². The third-order valence-electron chi connectivity index (χ3n) is 4.99. The van der Waals surface area contributed by atoms with E-state index in [-0.39, 0.29) is 0 Å². The van der Waals surface area contributed by atoms with Gasteiger partial charge in [0.25, 0.3) is 0 Å². The van der Waals surface area contributed by atoms with Gasteiger partial charge in [0.2, 0.25) is 0 Å². The molecular weight excluding hydrogens is 170 g/mol. The second-order valence-corrected chi connectivity index (χ2v) is 5.71. The van der Waals surface area contributed by atoms with Gasteiger partial charge >= 0.3 is 0 Å². The number of hydrogen-bond donors (Lipinski definition) is 0. The molecule has 0 radical (unpaired) electrons. The van der Waals surface area contributed by atoms with Crippen molar-refractivity contribution in [3.8, 4) is 0 Å². The number of hydrogen-bond acceptors (Lipinski definition) is 1. The van der Waals surface area contributed by atoms with Crippen LogP contribution in [-0.4, -0.2) is 24.5 Å². The van der Waals surface area contributed by atoms with E-state index >= 15 is 0 Å². The fourth-order valence-corrected chi connectivity index (χ4v) is 3.97. The second kappa shape index (κ2) is 2.85. The average molecular weight is 191 g/mol. The van der Waals surface area contributed by atoms with Crippen LogP contribution in [0.2, 0.25) is 0 Å². The quantitative estimate of drug-likeness (QED) is 0.532. The summed E-state index contributed by atoms with van der Waals surface area (Å²) in [5.41, 5.74) is 2.29. The Morgan fingerprint density at radius 3 is 2.79 bits per heavy atom. The van der Waals surface area contributed by atoms with Gasteiger partial charge in [-0.05, 0) is 64.0 Å². The molecule has 1 spiro atoms. The summed E-state index contributed by atoms with van der Waals surface area (Å²) in [6, 6.07) is 0.922. The number of piperidine rings is 1. The van der Waals surface area contributed by atoms with Crippen molar-refractivity contribution in [2.24, 2.45) is 11.3 Å². The minimum Gasteiger partial charge on any atom is -0.303 e. The molecule has 0 N–H and O–H groups in total. The van der Waals surface area contributed by atoms with Gasteiger partial charge in [-0.1, -0.05) is 11.6 Å². The number of nitrogens with zero attached hydrogens (tertiary/aromatic N) is 1. The number of allylic oxidation sites excluding steroid dienone is 2. The predicted molar refractivity (Wildman–Crippen MR) is 59.2 cm³/mol. The normalized spacial score (nSPS) is 47.4. The van der Waals surface area contributed by atoms with Crippen molar-refractivity contribution >= 4 is 0 Å². The van der Waals surface area contributed by atoms with E-state index in [2.05, 4.69) is 24.9 Å². The van der Waals surface area contributed by atoms with Crippen molar-refractivity contribution in [1.29, 1.82) is 0 Å². The first-order chi connectivity index (χ1) is 6.71. The molecular formula is C13H21N. The standard InChI is InChI=1S/C13H21N/c1-10-5-6-13(9-10)7-8-14(2)12-4-3-11(12)13/h9,11-12H,3-8H2,1-2H3. The molecule has 0 aromatic carbocycles. The van der Waals surface area contributed by atoms with Gasteiger partial charge in [-0.25, -0.2) is 0 Å². The highest BCUT2D eigenvalue weighted by molar-refractivity contribution is 5.21. The van der Waals surface area contributed by atoms with Crippen molar-refractivity contribution in [3.63, 3.8) is 0 Å². The Balaban J connectivity index is 1.88. The monoisotopic (exact) mass is 191 g/mol. The largest absolute Gasteiger partial charge is 0.303 e. The highest BCUT2D eigenvalue weighted by Gasteiger charge is 2.51.